The maximum absolute atomic E-state index is 14.1. The molecule has 5 aliphatic rings. The summed E-state index contributed by atoms with van der Waals surface area (Å²) < 4.78 is 153. The minimum atomic E-state index is -3.77. The number of benzene rings is 1. The first kappa shape index (κ1) is 4.38. The molecule has 3 fully saturated rings. The number of hydrogen-bond donors (Lipinski definition) is 0. The summed E-state index contributed by atoms with van der Waals surface area (Å²) in [6.07, 6.45) is -10.3. The molecule has 3 heteroatoms. The fraction of sp³-hybridized carbons (Fsp3) is 0.632. The van der Waals surface area contributed by atoms with Gasteiger partial charge in [-0.2, -0.15) is 0 Å². The predicted octanol–water partition coefficient (Wildman–Crippen LogP) is 2.66. The van der Waals surface area contributed by atoms with Gasteiger partial charge in [0.1, 0.15) is 0 Å². The fourth-order valence-electron chi connectivity index (χ4n) is 3.07. The molecule has 22 heavy (non-hydrogen) atoms. The standard InChI is InChI=1S/C19H24N2O/c22-19-16-6-2-4-14-3-1-5-15(18(14)16)11-21(19)17-12-20-9-7-13(17)8-10-20/h2,4,6,13,15,17H,1,3,5,7-12H2/t15-,17-/m1/s1/i2D,3D2,4D,6D,7D2,8D2,9D2,10D2,11D2,12D2,17D. The maximum Gasteiger partial charge on any atom is 0.254 e. The van der Waals surface area contributed by atoms with E-state index in [9.17, 15) is 6.17 Å². The molecule has 1 aliphatic carbocycles. The van der Waals surface area contributed by atoms with Crippen molar-refractivity contribution in [2.75, 3.05) is 26.0 Å². The lowest BCUT2D eigenvalue weighted by molar-refractivity contribution is 0.00258. The molecule has 2 bridgehead atoms. The highest BCUT2D eigenvalue weighted by Gasteiger charge is 2.43. The fourth-order valence-corrected chi connectivity index (χ4v) is 3.07. The molecule has 0 aromatic heterocycles. The van der Waals surface area contributed by atoms with Crippen molar-refractivity contribution in [2.45, 2.75) is 43.9 Å². The number of nitrogens with zero attached hydrogens (tertiary/aromatic N) is 2. The van der Waals surface area contributed by atoms with E-state index in [-0.39, 0.29) is 4.90 Å². The zero-order chi connectivity index (χ0) is 30.8. The van der Waals surface area contributed by atoms with Gasteiger partial charge in [0.2, 0.25) is 0 Å². The van der Waals surface area contributed by atoms with Crippen molar-refractivity contribution in [1.29, 1.82) is 0 Å². The number of hydrogen-bond acceptors (Lipinski definition) is 2. The molecule has 3 saturated heterocycles. The Kier molecular flexibility index (Phi) is 0.961. The second kappa shape index (κ2) is 4.82. The number of amides is 1. The number of rotatable bonds is 1. The second-order valence-corrected chi connectivity index (χ2v) is 5.35. The molecule has 4 aliphatic heterocycles. The molecule has 6 rings (SSSR count). The molecular formula is C19H24N2O. The van der Waals surface area contributed by atoms with Gasteiger partial charge in [0.05, 0.1) is 8.22 Å². The lowest BCUT2D eigenvalue weighted by Gasteiger charge is -2.51. The van der Waals surface area contributed by atoms with Gasteiger partial charge >= 0.3 is 0 Å². The summed E-state index contributed by atoms with van der Waals surface area (Å²) in [6.45, 7) is -14.1. The minimum Gasteiger partial charge on any atom is -0.333 e. The first-order valence-electron chi connectivity index (χ1n) is 16.0. The molecule has 1 aromatic rings. The van der Waals surface area contributed by atoms with Gasteiger partial charge in [0, 0.05) is 46.9 Å². The number of fused-ring (bicyclic) bond motifs is 3. The van der Waals surface area contributed by atoms with Crippen LogP contribution in [0.2, 0.25) is 0 Å². The zero-order valence-corrected chi connectivity index (χ0v) is 11.4. The molecule has 0 unspecified atom stereocenters. The van der Waals surface area contributed by atoms with Crippen LogP contribution in [-0.4, -0.2) is 47.7 Å². The number of carbonyl (C=O) groups excluding carboxylic acids is 1. The number of piperidine rings is 3. The second-order valence-electron chi connectivity index (χ2n) is 5.35. The van der Waals surface area contributed by atoms with E-state index in [4.69, 9.17) is 23.3 Å². The van der Waals surface area contributed by atoms with Gasteiger partial charge in [0.25, 0.3) is 5.91 Å². The van der Waals surface area contributed by atoms with E-state index in [1.54, 1.807) is 0 Å². The van der Waals surface area contributed by atoms with E-state index >= 15 is 0 Å². The third-order valence-corrected chi connectivity index (χ3v) is 4.08. The Morgan fingerprint density at radius 1 is 1.27 bits per heavy atom. The van der Waals surface area contributed by atoms with Crippen LogP contribution in [0, 0.1) is 5.92 Å². The first-order chi connectivity index (χ1) is 17.7. The maximum atomic E-state index is 14.1. The number of carbonyl (C=O) groups is 1. The molecule has 0 saturated carbocycles. The van der Waals surface area contributed by atoms with Gasteiger partial charge in [-0.25, -0.2) is 0 Å². The summed E-state index contributed by atoms with van der Waals surface area (Å²) in [5.74, 6) is -6.26. The van der Waals surface area contributed by atoms with Crippen molar-refractivity contribution in [1.82, 2.24) is 9.80 Å². The summed E-state index contributed by atoms with van der Waals surface area (Å²) >= 11 is 0. The van der Waals surface area contributed by atoms with Crippen LogP contribution in [-0.2, 0) is 6.37 Å². The van der Waals surface area contributed by atoms with Crippen LogP contribution in [0.25, 0.3) is 0 Å². The third kappa shape index (κ3) is 1.81. The van der Waals surface area contributed by atoms with Crippen LogP contribution < -0.4 is 0 Å². The molecule has 3 nitrogen and oxygen atoms in total. The highest BCUT2D eigenvalue weighted by molar-refractivity contribution is 5.97. The Morgan fingerprint density at radius 3 is 3.00 bits per heavy atom. The normalized spacial score (nSPS) is 67.7. The van der Waals surface area contributed by atoms with Crippen LogP contribution in [0.3, 0.4) is 0 Å². The van der Waals surface area contributed by atoms with Crippen molar-refractivity contribution in [3.8, 4) is 0 Å². The van der Waals surface area contributed by atoms with E-state index < -0.39 is 121 Å². The van der Waals surface area contributed by atoms with Crippen molar-refractivity contribution in [3.05, 3.63) is 34.8 Å². The average Bonchev–Trinajstić information content (AvgIpc) is 2.73. The van der Waals surface area contributed by atoms with Crippen LogP contribution in [0.4, 0.5) is 0 Å². The van der Waals surface area contributed by atoms with E-state index in [0.717, 1.165) is 0 Å². The van der Waals surface area contributed by atoms with Crippen molar-refractivity contribution < 1.29 is 29.5 Å². The zero-order valence-electron chi connectivity index (χ0n) is 29.4. The smallest absolute Gasteiger partial charge is 0.254 e. The Morgan fingerprint density at radius 2 is 2.14 bits per heavy atom. The summed E-state index contributed by atoms with van der Waals surface area (Å²) in [4.78, 5) is 13.6. The Bertz CT molecular complexity index is 1330. The quantitative estimate of drug-likeness (QED) is 0.795. The highest BCUT2D eigenvalue weighted by atomic mass is 16.2. The third-order valence-electron chi connectivity index (χ3n) is 4.08. The van der Waals surface area contributed by atoms with E-state index in [2.05, 4.69) is 0 Å². The lowest BCUT2D eigenvalue weighted by Crippen LogP contribution is -2.60. The molecule has 1 amide bonds. The van der Waals surface area contributed by atoms with Gasteiger partial charge in [-0.05, 0) is 68.0 Å². The molecule has 4 heterocycles. The van der Waals surface area contributed by atoms with Crippen LogP contribution in [0.1, 0.15) is 77.7 Å². The van der Waals surface area contributed by atoms with E-state index in [1.165, 1.54) is 0 Å². The van der Waals surface area contributed by atoms with Crippen LogP contribution in [0.5, 0.6) is 0 Å². The lowest BCUT2D eigenvalue weighted by atomic mass is 9.75. The topological polar surface area (TPSA) is 23.6 Å². The van der Waals surface area contributed by atoms with Gasteiger partial charge in [0.15, 0.2) is 0 Å². The van der Waals surface area contributed by atoms with Crippen LogP contribution in [0.15, 0.2) is 18.1 Å². The van der Waals surface area contributed by atoms with Crippen molar-refractivity contribution >= 4 is 5.91 Å². The predicted molar refractivity (Wildman–Crippen MR) is 86.1 cm³/mol. The molecule has 116 valence electrons. The van der Waals surface area contributed by atoms with Gasteiger partial charge in [-0.15, -0.1) is 0 Å². The molecule has 1 aromatic carbocycles. The first-order valence-corrected chi connectivity index (χ1v) is 7.00. The van der Waals surface area contributed by atoms with Crippen LogP contribution >= 0.6 is 0 Å². The van der Waals surface area contributed by atoms with Gasteiger partial charge < -0.3 is 9.80 Å². The SMILES string of the molecule is [2H]c1c([2H])c2c3c(c1[2H])C([2H])([2H])CC[C@@H]3C([2H])([2H])N([C@@]1([2H])C3C([2H])([2H])C([2H])([2H])N(C([2H])([2H])C3([2H])[2H])C1([2H])[2H])C2=O. The Labute approximate surface area is 157 Å². The van der Waals surface area contributed by atoms with E-state index in [1.807, 2.05) is 0 Å². The monoisotopic (exact) mass is 314 g/mol. The molecule has 0 radical (unpaired) electrons. The molecule has 0 spiro atoms. The molecule has 0 N–H and O–H groups in total. The van der Waals surface area contributed by atoms with Crippen molar-refractivity contribution in [2.24, 2.45) is 5.92 Å². The minimum absolute atomic E-state index is 0.101. The van der Waals surface area contributed by atoms with Gasteiger partial charge in [-0.1, -0.05) is 12.1 Å². The molecular weight excluding hydrogens is 272 g/mol. The Hall–Kier alpha value is -1.35. The van der Waals surface area contributed by atoms with Crippen molar-refractivity contribution in [3.63, 3.8) is 0 Å². The largest absolute Gasteiger partial charge is 0.333 e. The van der Waals surface area contributed by atoms with Gasteiger partial charge in [-0.3, -0.25) is 4.79 Å². The summed E-state index contributed by atoms with van der Waals surface area (Å²) in [7, 11) is 0. The molecule has 2 atom stereocenters. The average molecular weight is 315 g/mol. The summed E-state index contributed by atoms with van der Waals surface area (Å²) in [5.41, 5.74) is -1.73. The summed E-state index contributed by atoms with van der Waals surface area (Å²) in [5, 5.41) is 0. The summed E-state index contributed by atoms with van der Waals surface area (Å²) in [6, 6.07) is -6.29. The van der Waals surface area contributed by atoms with E-state index in [0.29, 0.717) is 0 Å². The highest BCUT2D eigenvalue weighted by Crippen LogP contribution is 2.41. The Balaban J connectivity index is 1.89.